The van der Waals surface area contributed by atoms with E-state index in [9.17, 15) is 9.59 Å². The highest BCUT2D eigenvalue weighted by Crippen LogP contribution is 2.00. The van der Waals surface area contributed by atoms with Crippen molar-refractivity contribution in [2.24, 2.45) is 5.92 Å². The van der Waals surface area contributed by atoms with Crippen LogP contribution in [0.2, 0.25) is 0 Å². The fourth-order valence-corrected chi connectivity index (χ4v) is 1.07. The van der Waals surface area contributed by atoms with Crippen LogP contribution < -0.4 is 5.32 Å². The third-order valence-electron chi connectivity index (χ3n) is 1.89. The zero-order valence-electron chi connectivity index (χ0n) is 9.43. The van der Waals surface area contributed by atoms with Crippen molar-refractivity contribution in [3.8, 4) is 0 Å². The summed E-state index contributed by atoms with van der Waals surface area (Å²) in [4.78, 5) is 21.8. The van der Waals surface area contributed by atoms with Gasteiger partial charge in [0.2, 0.25) is 5.91 Å². The van der Waals surface area contributed by atoms with E-state index in [0.717, 1.165) is 19.4 Å². The lowest BCUT2D eigenvalue weighted by Crippen LogP contribution is -2.26. The molecule has 1 N–H and O–H groups in total. The standard InChI is InChI=1S/C11H21NO2/c1-9(2)8-12-11(14)7-5-4-6-10(3)13/h9H,4-8H2,1-3H3,(H,12,14). The molecule has 82 valence electrons. The maximum absolute atomic E-state index is 11.2. The highest BCUT2D eigenvalue weighted by Gasteiger charge is 2.02. The van der Waals surface area contributed by atoms with E-state index in [1.807, 2.05) is 0 Å². The van der Waals surface area contributed by atoms with Crippen LogP contribution in [0.3, 0.4) is 0 Å². The van der Waals surface area contributed by atoms with Crippen molar-refractivity contribution in [1.82, 2.24) is 5.32 Å². The number of hydrogen-bond donors (Lipinski definition) is 1. The fraction of sp³-hybridized carbons (Fsp3) is 0.818. The van der Waals surface area contributed by atoms with Gasteiger partial charge in [-0.05, 0) is 25.7 Å². The molecule has 0 aliphatic rings. The molecule has 0 heterocycles. The summed E-state index contributed by atoms with van der Waals surface area (Å²) < 4.78 is 0. The summed E-state index contributed by atoms with van der Waals surface area (Å²) in [5, 5.41) is 2.85. The third-order valence-corrected chi connectivity index (χ3v) is 1.89. The van der Waals surface area contributed by atoms with E-state index in [4.69, 9.17) is 0 Å². The van der Waals surface area contributed by atoms with Crippen molar-refractivity contribution < 1.29 is 9.59 Å². The Hall–Kier alpha value is -0.860. The Labute approximate surface area is 86.3 Å². The first-order chi connectivity index (χ1) is 6.52. The van der Waals surface area contributed by atoms with Crippen LogP contribution in [0, 0.1) is 5.92 Å². The minimum atomic E-state index is 0.0993. The van der Waals surface area contributed by atoms with Crippen LogP contribution in [-0.2, 0) is 9.59 Å². The number of amides is 1. The number of carbonyl (C=O) groups excluding carboxylic acids is 2. The Balaban J connectivity index is 3.31. The monoisotopic (exact) mass is 199 g/mol. The minimum absolute atomic E-state index is 0.0993. The van der Waals surface area contributed by atoms with E-state index in [1.54, 1.807) is 6.92 Å². The molecule has 3 heteroatoms. The predicted octanol–water partition coefficient (Wildman–Crippen LogP) is 1.91. The predicted molar refractivity (Wildman–Crippen MR) is 57.0 cm³/mol. The highest BCUT2D eigenvalue weighted by molar-refractivity contribution is 5.76. The lowest BCUT2D eigenvalue weighted by molar-refractivity contribution is -0.122. The van der Waals surface area contributed by atoms with E-state index >= 15 is 0 Å². The molecule has 0 saturated carbocycles. The van der Waals surface area contributed by atoms with Crippen LogP contribution >= 0.6 is 0 Å². The lowest BCUT2D eigenvalue weighted by Gasteiger charge is -2.06. The van der Waals surface area contributed by atoms with Crippen molar-refractivity contribution in [2.45, 2.75) is 46.5 Å². The molecule has 0 aromatic carbocycles. The quantitative estimate of drug-likeness (QED) is 0.637. The first kappa shape index (κ1) is 13.1. The van der Waals surface area contributed by atoms with Gasteiger partial charge in [0, 0.05) is 19.4 Å². The Kier molecular flexibility index (Phi) is 7.07. The van der Waals surface area contributed by atoms with Crippen LogP contribution in [0.15, 0.2) is 0 Å². The zero-order valence-corrected chi connectivity index (χ0v) is 9.43. The largest absolute Gasteiger partial charge is 0.356 e. The molecule has 0 aromatic rings. The molecule has 0 aromatic heterocycles. The number of hydrogen-bond acceptors (Lipinski definition) is 2. The van der Waals surface area contributed by atoms with Crippen LogP contribution in [0.5, 0.6) is 0 Å². The average Bonchev–Trinajstić information content (AvgIpc) is 2.08. The maximum Gasteiger partial charge on any atom is 0.220 e. The summed E-state index contributed by atoms with van der Waals surface area (Å²) >= 11 is 0. The molecule has 0 aliphatic heterocycles. The highest BCUT2D eigenvalue weighted by atomic mass is 16.1. The number of unbranched alkanes of at least 4 members (excludes halogenated alkanes) is 1. The lowest BCUT2D eigenvalue weighted by atomic mass is 10.1. The molecule has 0 unspecified atom stereocenters. The first-order valence-corrected chi connectivity index (χ1v) is 5.28. The van der Waals surface area contributed by atoms with Crippen molar-refractivity contribution in [2.75, 3.05) is 6.54 Å². The molecule has 0 atom stereocenters. The number of carbonyl (C=O) groups is 2. The molecule has 0 bridgehead atoms. The SMILES string of the molecule is CC(=O)CCCCC(=O)NCC(C)C. The second-order valence-corrected chi connectivity index (χ2v) is 4.11. The van der Waals surface area contributed by atoms with Gasteiger partial charge in [0.25, 0.3) is 0 Å². The van der Waals surface area contributed by atoms with Gasteiger partial charge >= 0.3 is 0 Å². The molecule has 0 spiro atoms. The van der Waals surface area contributed by atoms with E-state index in [2.05, 4.69) is 19.2 Å². The number of rotatable bonds is 7. The molecule has 0 saturated heterocycles. The second kappa shape index (κ2) is 7.54. The first-order valence-electron chi connectivity index (χ1n) is 5.28. The molecule has 1 amide bonds. The van der Waals surface area contributed by atoms with Gasteiger partial charge in [0.15, 0.2) is 0 Å². The van der Waals surface area contributed by atoms with E-state index in [-0.39, 0.29) is 11.7 Å². The maximum atomic E-state index is 11.2. The van der Waals surface area contributed by atoms with Crippen LogP contribution in [0.25, 0.3) is 0 Å². The Bertz CT molecular complexity index is 188. The van der Waals surface area contributed by atoms with Gasteiger partial charge in [-0.25, -0.2) is 0 Å². The molecular formula is C11H21NO2. The van der Waals surface area contributed by atoms with Gasteiger partial charge in [-0.1, -0.05) is 13.8 Å². The third kappa shape index (κ3) is 9.23. The number of Topliss-reactive ketones (excluding diaryl/α,β-unsaturated/α-hetero) is 1. The van der Waals surface area contributed by atoms with Gasteiger partial charge in [-0.2, -0.15) is 0 Å². The van der Waals surface area contributed by atoms with Crippen molar-refractivity contribution >= 4 is 11.7 Å². The summed E-state index contributed by atoms with van der Waals surface area (Å²) in [5.74, 6) is 0.797. The second-order valence-electron chi connectivity index (χ2n) is 4.11. The molecule has 3 nitrogen and oxygen atoms in total. The van der Waals surface area contributed by atoms with Crippen molar-refractivity contribution in [1.29, 1.82) is 0 Å². The average molecular weight is 199 g/mol. The molecule has 0 fully saturated rings. The van der Waals surface area contributed by atoms with Crippen LogP contribution in [0.4, 0.5) is 0 Å². The van der Waals surface area contributed by atoms with Gasteiger partial charge < -0.3 is 10.1 Å². The molecule has 0 radical (unpaired) electrons. The van der Waals surface area contributed by atoms with Gasteiger partial charge in [0.1, 0.15) is 5.78 Å². The molecular weight excluding hydrogens is 178 g/mol. The Morgan fingerprint density at radius 3 is 2.21 bits per heavy atom. The summed E-state index contributed by atoms with van der Waals surface area (Å²) in [6.07, 6.45) is 2.77. The fourth-order valence-electron chi connectivity index (χ4n) is 1.07. The molecule has 0 aliphatic carbocycles. The molecule has 14 heavy (non-hydrogen) atoms. The van der Waals surface area contributed by atoms with Crippen molar-refractivity contribution in [3.63, 3.8) is 0 Å². The van der Waals surface area contributed by atoms with Gasteiger partial charge in [-0.3, -0.25) is 4.79 Å². The summed E-state index contributed by atoms with van der Waals surface area (Å²) in [5.41, 5.74) is 0. The topological polar surface area (TPSA) is 46.2 Å². The van der Waals surface area contributed by atoms with E-state index < -0.39 is 0 Å². The van der Waals surface area contributed by atoms with E-state index in [1.165, 1.54) is 0 Å². The Morgan fingerprint density at radius 2 is 1.71 bits per heavy atom. The van der Waals surface area contributed by atoms with E-state index in [0.29, 0.717) is 18.8 Å². The zero-order chi connectivity index (χ0) is 11.0. The summed E-state index contributed by atoms with van der Waals surface area (Å²) in [6, 6.07) is 0. The van der Waals surface area contributed by atoms with Gasteiger partial charge in [0.05, 0.1) is 0 Å². The van der Waals surface area contributed by atoms with Crippen molar-refractivity contribution in [3.05, 3.63) is 0 Å². The summed E-state index contributed by atoms with van der Waals surface area (Å²) in [7, 11) is 0. The normalized spacial score (nSPS) is 10.3. The smallest absolute Gasteiger partial charge is 0.220 e. The molecule has 0 rings (SSSR count). The Morgan fingerprint density at radius 1 is 1.14 bits per heavy atom. The van der Waals surface area contributed by atoms with Crippen LogP contribution in [0.1, 0.15) is 46.5 Å². The number of nitrogens with one attached hydrogen (secondary N) is 1. The number of ketones is 1. The van der Waals surface area contributed by atoms with Crippen LogP contribution in [-0.4, -0.2) is 18.2 Å². The summed E-state index contributed by atoms with van der Waals surface area (Å²) in [6.45, 7) is 6.45. The minimum Gasteiger partial charge on any atom is -0.356 e. The van der Waals surface area contributed by atoms with Gasteiger partial charge in [-0.15, -0.1) is 0 Å².